The molecule has 198 valence electrons. The molecule has 0 saturated heterocycles. The van der Waals surface area contributed by atoms with Crippen LogP contribution in [0.3, 0.4) is 0 Å². The third-order valence-electron chi connectivity index (χ3n) is 8.93. The van der Waals surface area contributed by atoms with Crippen LogP contribution in [0.25, 0.3) is 65.4 Å². The van der Waals surface area contributed by atoms with Crippen LogP contribution in [-0.2, 0) is 0 Å². The highest BCUT2D eigenvalue weighted by Crippen LogP contribution is 2.52. The van der Waals surface area contributed by atoms with Crippen LogP contribution in [0.5, 0.6) is 0 Å². The first-order valence-corrected chi connectivity index (χ1v) is 14.2. The lowest BCUT2D eigenvalue weighted by molar-refractivity contribution is 0.673. The van der Waals surface area contributed by atoms with E-state index in [1.807, 2.05) is 12.1 Å². The molecule has 8 aromatic rings. The molecule has 4 heteroatoms. The molecule has 4 nitrogen and oxygen atoms in total. The number of fused-ring (bicyclic) bond motifs is 11. The van der Waals surface area contributed by atoms with Crippen molar-refractivity contribution in [3.63, 3.8) is 0 Å². The largest absolute Gasteiger partial charge is 0.455 e. The van der Waals surface area contributed by atoms with Gasteiger partial charge in [0.2, 0.25) is 0 Å². The standard InChI is InChI=1S/C39H21N3O/c1-41-25-16-15-24(22-40)34(21-25)42-32-14-8-7-13-30(32)37-33(42)20-19-29-28-17-18-31-35(23-9-3-2-4-10-23)26-11-5-6-12-27(26)36(31)38(28)43-39(29)37/h2-21,35H. The number of para-hydroxylation sites is 1. The Morgan fingerprint density at radius 3 is 2.33 bits per heavy atom. The monoisotopic (exact) mass is 547 g/mol. The molecular formula is C39H21N3O. The van der Waals surface area contributed by atoms with Gasteiger partial charge in [-0.3, -0.25) is 0 Å². The summed E-state index contributed by atoms with van der Waals surface area (Å²) in [6.45, 7) is 7.59. The predicted molar refractivity (Wildman–Crippen MR) is 172 cm³/mol. The topological polar surface area (TPSA) is 46.2 Å². The first kappa shape index (κ1) is 23.6. The van der Waals surface area contributed by atoms with Crippen LogP contribution in [0.2, 0.25) is 0 Å². The van der Waals surface area contributed by atoms with Gasteiger partial charge in [-0.25, -0.2) is 4.85 Å². The minimum atomic E-state index is 0.145. The maximum Gasteiger partial charge on any atom is 0.189 e. The zero-order valence-electron chi connectivity index (χ0n) is 22.9. The smallest absolute Gasteiger partial charge is 0.189 e. The first-order valence-electron chi connectivity index (χ1n) is 14.2. The normalized spacial score (nSPS) is 13.8. The molecule has 9 rings (SSSR count). The average Bonchev–Trinajstić information content (AvgIpc) is 3.72. The molecule has 1 aliphatic rings. The molecule has 0 N–H and O–H groups in total. The number of hydrogen-bond donors (Lipinski definition) is 0. The van der Waals surface area contributed by atoms with Crippen molar-refractivity contribution in [3.05, 3.63) is 155 Å². The predicted octanol–water partition coefficient (Wildman–Crippen LogP) is 10.3. The number of furan rings is 1. The molecule has 0 aliphatic heterocycles. The van der Waals surface area contributed by atoms with E-state index in [2.05, 4.69) is 106 Å². The van der Waals surface area contributed by atoms with Crippen molar-refractivity contribution in [2.75, 3.05) is 0 Å². The molecule has 0 saturated carbocycles. The van der Waals surface area contributed by atoms with Crippen molar-refractivity contribution in [2.24, 2.45) is 0 Å². The van der Waals surface area contributed by atoms with Gasteiger partial charge in [-0.15, -0.1) is 0 Å². The Balaban J connectivity index is 1.40. The van der Waals surface area contributed by atoms with Gasteiger partial charge in [-0.1, -0.05) is 97.1 Å². The fourth-order valence-electron chi connectivity index (χ4n) is 7.16. The van der Waals surface area contributed by atoms with E-state index in [-0.39, 0.29) is 5.92 Å². The number of nitrogens with zero attached hydrogens (tertiary/aromatic N) is 3. The Kier molecular flexibility index (Phi) is 4.77. The second-order valence-electron chi connectivity index (χ2n) is 11.1. The molecule has 43 heavy (non-hydrogen) atoms. The van der Waals surface area contributed by atoms with Crippen molar-refractivity contribution < 1.29 is 4.42 Å². The van der Waals surface area contributed by atoms with E-state index in [0.29, 0.717) is 16.9 Å². The Hall–Kier alpha value is -6.10. The fraction of sp³-hybridized carbons (Fsp3) is 0.0256. The van der Waals surface area contributed by atoms with E-state index >= 15 is 0 Å². The van der Waals surface area contributed by atoms with E-state index in [4.69, 9.17) is 11.0 Å². The third kappa shape index (κ3) is 3.13. The van der Waals surface area contributed by atoms with Crippen LogP contribution < -0.4 is 0 Å². The van der Waals surface area contributed by atoms with E-state index in [0.717, 1.165) is 49.3 Å². The summed E-state index contributed by atoms with van der Waals surface area (Å²) >= 11 is 0. The van der Waals surface area contributed by atoms with Gasteiger partial charge in [0.1, 0.15) is 17.2 Å². The number of benzene rings is 6. The van der Waals surface area contributed by atoms with Gasteiger partial charge in [0, 0.05) is 27.6 Å². The average molecular weight is 548 g/mol. The lowest BCUT2D eigenvalue weighted by atomic mass is 9.89. The first-order chi connectivity index (χ1) is 21.3. The molecular weight excluding hydrogens is 526 g/mol. The van der Waals surface area contributed by atoms with Gasteiger partial charge in [0.25, 0.3) is 0 Å². The van der Waals surface area contributed by atoms with Crippen LogP contribution >= 0.6 is 0 Å². The number of aromatic nitrogens is 1. The summed E-state index contributed by atoms with van der Waals surface area (Å²) in [7, 11) is 0. The van der Waals surface area contributed by atoms with Gasteiger partial charge < -0.3 is 8.98 Å². The maximum absolute atomic E-state index is 10.0. The highest BCUT2D eigenvalue weighted by molar-refractivity contribution is 6.25. The van der Waals surface area contributed by atoms with Crippen LogP contribution in [0.4, 0.5) is 5.69 Å². The van der Waals surface area contributed by atoms with Gasteiger partial charge in [-0.2, -0.15) is 5.26 Å². The van der Waals surface area contributed by atoms with Gasteiger partial charge >= 0.3 is 0 Å². The zero-order valence-corrected chi connectivity index (χ0v) is 22.9. The molecule has 0 spiro atoms. The van der Waals surface area contributed by atoms with Gasteiger partial charge in [0.15, 0.2) is 5.69 Å². The Labute approximate surface area is 247 Å². The Morgan fingerprint density at radius 2 is 1.47 bits per heavy atom. The van der Waals surface area contributed by atoms with Crippen molar-refractivity contribution in [3.8, 4) is 22.9 Å². The number of rotatable bonds is 2. The summed E-state index contributed by atoms with van der Waals surface area (Å²) in [6, 6.07) is 43.8. The Morgan fingerprint density at radius 1 is 0.698 bits per heavy atom. The number of nitriles is 1. The molecule has 2 heterocycles. The SMILES string of the molecule is [C-]#[N+]c1ccc(C#N)c(-n2c3ccccc3c3c4oc5c6c(ccc5c4ccc32)C(c2ccccc2)c2ccccc2-6)c1. The fourth-order valence-corrected chi connectivity index (χ4v) is 7.16. The minimum Gasteiger partial charge on any atom is -0.455 e. The summed E-state index contributed by atoms with van der Waals surface area (Å²) in [5.74, 6) is 0.145. The molecule has 0 radical (unpaired) electrons. The highest BCUT2D eigenvalue weighted by atomic mass is 16.3. The second kappa shape index (κ2) is 8.70. The zero-order chi connectivity index (χ0) is 28.7. The molecule has 0 fully saturated rings. The lowest BCUT2D eigenvalue weighted by Crippen LogP contribution is -1.98. The molecule has 1 unspecified atom stereocenters. The summed E-state index contributed by atoms with van der Waals surface area (Å²) < 4.78 is 9.07. The molecule has 1 aliphatic carbocycles. The van der Waals surface area contributed by atoms with E-state index in [1.165, 1.54) is 22.3 Å². The maximum atomic E-state index is 10.0. The number of hydrogen-bond acceptors (Lipinski definition) is 2. The summed E-state index contributed by atoms with van der Waals surface area (Å²) in [4.78, 5) is 3.64. The van der Waals surface area contributed by atoms with Crippen molar-refractivity contribution in [1.82, 2.24) is 4.57 Å². The Bertz CT molecular complexity index is 2540. The van der Waals surface area contributed by atoms with Crippen LogP contribution in [0, 0.1) is 17.9 Å². The quantitative estimate of drug-likeness (QED) is 0.202. The molecule has 0 amide bonds. The summed E-state index contributed by atoms with van der Waals surface area (Å²) in [5, 5.41) is 14.2. The highest BCUT2D eigenvalue weighted by Gasteiger charge is 2.33. The van der Waals surface area contributed by atoms with E-state index in [9.17, 15) is 5.26 Å². The lowest BCUT2D eigenvalue weighted by Gasteiger charge is -2.14. The minimum absolute atomic E-state index is 0.145. The summed E-state index contributed by atoms with van der Waals surface area (Å²) in [6.07, 6.45) is 0. The van der Waals surface area contributed by atoms with Crippen molar-refractivity contribution >= 4 is 49.4 Å². The van der Waals surface area contributed by atoms with E-state index in [1.54, 1.807) is 18.2 Å². The van der Waals surface area contributed by atoms with Crippen LogP contribution in [0.15, 0.2) is 126 Å². The molecule has 2 aromatic heterocycles. The van der Waals surface area contributed by atoms with Crippen molar-refractivity contribution in [1.29, 1.82) is 5.26 Å². The molecule has 6 aromatic carbocycles. The van der Waals surface area contributed by atoms with E-state index < -0.39 is 0 Å². The molecule has 0 bridgehead atoms. The van der Waals surface area contributed by atoms with Crippen LogP contribution in [-0.4, -0.2) is 4.57 Å². The third-order valence-corrected chi connectivity index (χ3v) is 8.93. The van der Waals surface area contributed by atoms with Gasteiger partial charge in [0.05, 0.1) is 34.2 Å². The van der Waals surface area contributed by atoms with Gasteiger partial charge in [-0.05, 0) is 46.5 Å². The van der Waals surface area contributed by atoms with Crippen LogP contribution in [0.1, 0.15) is 28.2 Å². The second-order valence-corrected chi connectivity index (χ2v) is 11.1. The molecule has 1 atom stereocenters. The summed E-state index contributed by atoms with van der Waals surface area (Å²) in [5.41, 5.74) is 11.5. The van der Waals surface area contributed by atoms with Crippen molar-refractivity contribution in [2.45, 2.75) is 5.92 Å².